The molecular formula is C25H35Cl2N3O. The van der Waals surface area contributed by atoms with Gasteiger partial charge >= 0.3 is 0 Å². The minimum Gasteiger partial charge on any atom is -0.388 e. The Bertz CT molecular complexity index is 742. The molecule has 1 saturated carbocycles. The molecule has 170 valence electrons. The van der Waals surface area contributed by atoms with Crippen LogP contribution < -0.4 is 5.32 Å². The molecule has 2 aromatic rings. The molecule has 1 unspecified atom stereocenters. The maximum atomic E-state index is 5.91. The molecule has 1 aliphatic heterocycles. The number of oxime groups is 1. The molecule has 1 aliphatic carbocycles. The van der Waals surface area contributed by atoms with E-state index in [9.17, 15) is 0 Å². The first-order valence-electron chi connectivity index (χ1n) is 11.1. The molecule has 6 heteroatoms. The fraction of sp³-hybridized carbons (Fsp3) is 0.480. The van der Waals surface area contributed by atoms with Crippen LogP contribution in [0, 0.1) is 0 Å². The zero-order chi connectivity index (χ0) is 19.9. The van der Waals surface area contributed by atoms with Crippen LogP contribution in [0.5, 0.6) is 0 Å². The smallest absolute Gasteiger partial charge is 0.157 e. The Labute approximate surface area is 199 Å². The molecule has 2 aliphatic rings. The second-order valence-electron chi connectivity index (χ2n) is 8.46. The highest BCUT2D eigenvalue weighted by molar-refractivity contribution is 5.85. The summed E-state index contributed by atoms with van der Waals surface area (Å²) in [5.74, 6) is 1.22. The van der Waals surface area contributed by atoms with Crippen molar-refractivity contribution < 1.29 is 4.84 Å². The molecule has 0 radical (unpaired) electrons. The summed E-state index contributed by atoms with van der Waals surface area (Å²) in [4.78, 5) is 8.38. The third kappa shape index (κ3) is 7.13. The van der Waals surface area contributed by atoms with E-state index in [1.165, 1.54) is 43.2 Å². The van der Waals surface area contributed by atoms with Crippen LogP contribution in [0.2, 0.25) is 0 Å². The molecule has 0 spiro atoms. The van der Waals surface area contributed by atoms with Crippen LogP contribution in [0.25, 0.3) is 0 Å². The molecule has 1 atom stereocenters. The van der Waals surface area contributed by atoms with Crippen LogP contribution in [0.15, 0.2) is 65.8 Å². The number of amidine groups is 1. The van der Waals surface area contributed by atoms with Crippen molar-refractivity contribution in [2.24, 2.45) is 5.16 Å². The SMILES string of the molecule is CN(CC1CNC(CC(c2ccccc2)c2ccccc2)=NO1)C1CCCCC1.Cl.Cl. The Hall–Kier alpha value is -1.75. The van der Waals surface area contributed by atoms with Crippen LogP contribution in [-0.2, 0) is 4.84 Å². The van der Waals surface area contributed by atoms with Crippen molar-refractivity contribution in [3.63, 3.8) is 0 Å². The Morgan fingerprint density at radius 1 is 0.935 bits per heavy atom. The highest BCUT2D eigenvalue weighted by atomic mass is 35.5. The Kier molecular flexibility index (Phi) is 10.7. The first kappa shape index (κ1) is 25.5. The van der Waals surface area contributed by atoms with E-state index < -0.39 is 0 Å². The van der Waals surface area contributed by atoms with Crippen LogP contribution in [0.1, 0.15) is 55.6 Å². The molecule has 1 heterocycles. The lowest BCUT2D eigenvalue weighted by atomic mass is 9.88. The van der Waals surface area contributed by atoms with Gasteiger partial charge < -0.3 is 10.2 Å². The van der Waals surface area contributed by atoms with Gasteiger partial charge in [-0.2, -0.15) is 0 Å². The van der Waals surface area contributed by atoms with Gasteiger partial charge in [-0.05, 0) is 31.0 Å². The third-order valence-electron chi connectivity index (χ3n) is 6.34. The predicted octanol–water partition coefficient (Wildman–Crippen LogP) is 5.62. The van der Waals surface area contributed by atoms with Crippen molar-refractivity contribution in [3.8, 4) is 0 Å². The Balaban J connectivity index is 0.00000171. The molecule has 1 N–H and O–H groups in total. The third-order valence-corrected chi connectivity index (χ3v) is 6.34. The predicted molar refractivity (Wildman–Crippen MR) is 134 cm³/mol. The highest BCUT2D eigenvalue weighted by Gasteiger charge is 2.25. The van der Waals surface area contributed by atoms with Crippen molar-refractivity contribution in [2.45, 2.75) is 56.6 Å². The molecule has 31 heavy (non-hydrogen) atoms. The standard InChI is InChI=1S/C25H33N3O.2ClH/c1-28(22-15-9-4-10-16-22)19-23-18-26-25(27-29-23)17-24(20-11-5-2-6-12-20)21-13-7-3-8-14-21;;/h2-3,5-8,11-14,22-24H,4,9-10,15-19H2,1H3,(H,26,27);2*1H. The second-order valence-corrected chi connectivity index (χ2v) is 8.46. The summed E-state index contributed by atoms with van der Waals surface area (Å²) in [5, 5.41) is 8.02. The summed E-state index contributed by atoms with van der Waals surface area (Å²) < 4.78 is 0. The average molecular weight is 464 g/mol. The molecule has 0 saturated heterocycles. The quantitative estimate of drug-likeness (QED) is 0.578. The van der Waals surface area contributed by atoms with Gasteiger partial charge in [-0.25, -0.2) is 0 Å². The number of nitrogens with zero attached hydrogens (tertiary/aromatic N) is 2. The van der Waals surface area contributed by atoms with E-state index in [2.05, 4.69) is 83.1 Å². The molecule has 2 aromatic carbocycles. The summed E-state index contributed by atoms with van der Waals surface area (Å²) in [6.07, 6.45) is 7.70. The number of benzene rings is 2. The van der Waals surface area contributed by atoms with Gasteiger partial charge in [0.05, 0.1) is 6.54 Å². The van der Waals surface area contributed by atoms with Crippen LogP contribution in [-0.4, -0.2) is 43.0 Å². The molecule has 4 rings (SSSR count). The van der Waals surface area contributed by atoms with Crippen LogP contribution in [0.4, 0.5) is 0 Å². The van der Waals surface area contributed by atoms with E-state index in [-0.39, 0.29) is 36.8 Å². The van der Waals surface area contributed by atoms with Crippen LogP contribution in [0.3, 0.4) is 0 Å². The summed E-state index contributed by atoms with van der Waals surface area (Å²) in [7, 11) is 2.24. The number of likely N-dealkylation sites (N-methyl/N-ethyl adjacent to an activating group) is 1. The summed E-state index contributed by atoms with van der Waals surface area (Å²) in [5.41, 5.74) is 2.62. The van der Waals surface area contributed by atoms with Gasteiger partial charge in [0.25, 0.3) is 0 Å². The summed E-state index contributed by atoms with van der Waals surface area (Å²) in [6.45, 7) is 1.77. The zero-order valence-corrected chi connectivity index (χ0v) is 19.9. The van der Waals surface area contributed by atoms with Gasteiger partial charge in [-0.3, -0.25) is 4.90 Å². The normalized spacial score (nSPS) is 18.9. The van der Waals surface area contributed by atoms with E-state index in [1.54, 1.807) is 0 Å². The fourth-order valence-electron chi connectivity index (χ4n) is 4.63. The van der Waals surface area contributed by atoms with E-state index in [0.29, 0.717) is 6.04 Å². The van der Waals surface area contributed by atoms with Crippen molar-refractivity contribution in [1.29, 1.82) is 0 Å². The molecule has 0 amide bonds. The lowest BCUT2D eigenvalue weighted by Gasteiger charge is -2.34. The van der Waals surface area contributed by atoms with Gasteiger partial charge in [0.15, 0.2) is 6.10 Å². The molecule has 0 bridgehead atoms. The van der Waals surface area contributed by atoms with Crippen molar-refractivity contribution in [2.75, 3.05) is 20.1 Å². The van der Waals surface area contributed by atoms with E-state index in [4.69, 9.17) is 4.84 Å². The molecule has 0 aromatic heterocycles. The van der Waals surface area contributed by atoms with Gasteiger partial charge in [0.2, 0.25) is 0 Å². The van der Waals surface area contributed by atoms with Gasteiger partial charge in [-0.15, -0.1) is 24.8 Å². The number of hydrogen-bond donors (Lipinski definition) is 1. The Morgan fingerprint density at radius 2 is 1.52 bits per heavy atom. The molecular weight excluding hydrogens is 429 g/mol. The molecule has 1 fully saturated rings. The summed E-state index contributed by atoms with van der Waals surface area (Å²) in [6, 6.07) is 22.1. The lowest BCUT2D eigenvalue weighted by Crippen LogP contribution is -2.46. The minimum atomic E-state index is 0. The number of halogens is 2. The van der Waals surface area contributed by atoms with Gasteiger partial charge in [0.1, 0.15) is 5.84 Å². The lowest BCUT2D eigenvalue weighted by molar-refractivity contribution is 0.0153. The average Bonchev–Trinajstić information content (AvgIpc) is 2.80. The van der Waals surface area contributed by atoms with Crippen molar-refractivity contribution in [1.82, 2.24) is 10.2 Å². The second kappa shape index (κ2) is 12.9. The maximum absolute atomic E-state index is 5.91. The number of rotatable bonds is 7. The Morgan fingerprint density at radius 3 is 2.03 bits per heavy atom. The van der Waals surface area contributed by atoms with E-state index in [0.717, 1.165) is 25.3 Å². The fourth-order valence-corrected chi connectivity index (χ4v) is 4.63. The first-order chi connectivity index (χ1) is 14.3. The maximum Gasteiger partial charge on any atom is 0.157 e. The zero-order valence-electron chi connectivity index (χ0n) is 18.3. The minimum absolute atomic E-state index is 0. The topological polar surface area (TPSA) is 36.9 Å². The monoisotopic (exact) mass is 463 g/mol. The van der Waals surface area contributed by atoms with Crippen molar-refractivity contribution in [3.05, 3.63) is 71.8 Å². The first-order valence-corrected chi connectivity index (χ1v) is 11.1. The largest absolute Gasteiger partial charge is 0.388 e. The van der Waals surface area contributed by atoms with E-state index in [1.807, 2.05) is 0 Å². The van der Waals surface area contributed by atoms with Crippen molar-refractivity contribution >= 4 is 30.6 Å². The van der Waals surface area contributed by atoms with E-state index >= 15 is 0 Å². The van der Waals surface area contributed by atoms with Gasteiger partial charge in [0, 0.05) is 24.9 Å². The highest BCUT2D eigenvalue weighted by Crippen LogP contribution is 2.28. The van der Waals surface area contributed by atoms with Gasteiger partial charge in [-0.1, -0.05) is 85.1 Å². The number of nitrogens with one attached hydrogen (secondary N) is 1. The van der Waals surface area contributed by atoms with Crippen LogP contribution >= 0.6 is 24.8 Å². The summed E-state index contributed by atoms with van der Waals surface area (Å²) >= 11 is 0. The number of hydrogen-bond acceptors (Lipinski definition) is 4. The molecule has 4 nitrogen and oxygen atoms in total.